The lowest BCUT2D eigenvalue weighted by atomic mass is 10.1. The van der Waals surface area contributed by atoms with E-state index in [9.17, 15) is 0 Å². The van der Waals surface area contributed by atoms with E-state index in [2.05, 4.69) is 31.3 Å². The summed E-state index contributed by atoms with van der Waals surface area (Å²) in [4.78, 5) is 2.67. The average Bonchev–Trinajstić information content (AvgIpc) is 2.99. The first kappa shape index (κ1) is 13.7. The summed E-state index contributed by atoms with van der Waals surface area (Å²) < 4.78 is 5.57. The summed E-state index contributed by atoms with van der Waals surface area (Å²) in [5.74, 6) is 0. The lowest BCUT2D eigenvalue weighted by Crippen LogP contribution is -2.17. The Morgan fingerprint density at radius 1 is 1.25 bits per heavy atom. The number of halogens is 1. The van der Waals surface area contributed by atoms with E-state index in [1.807, 2.05) is 35.6 Å². The quantitative estimate of drug-likeness (QED) is 0.707. The Kier molecular flexibility index (Phi) is 3.83. The minimum Gasteiger partial charge on any atom is -0.444 e. The van der Waals surface area contributed by atoms with Crippen molar-refractivity contribution in [1.29, 1.82) is 0 Å². The number of hydrogen-bond donors (Lipinski definition) is 1. The van der Waals surface area contributed by atoms with Crippen molar-refractivity contribution in [2.75, 3.05) is 0 Å². The Morgan fingerprint density at radius 3 is 2.80 bits per heavy atom. The number of rotatable bonds is 4. The molecule has 0 aliphatic rings. The summed E-state index contributed by atoms with van der Waals surface area (Å²) in [5.41, 5.74) is 1.87. The zero-order chi connectivity index (χ0) is 14.1. The lowest BCUT2D eigenvalue weighted by molar-refractivity contribution is 0.569. The maximum absolute atomic E-state index is 6.20. The molecule has 0 amide bonds. The molecule has 0 saturated carbocycles. The van der Waals surface area contributed by atoms with E-state index in [0.29, 0.717) is 17.8 Å². The van der Waals surface area contributed by atoms with Crippen molar-refractivity contribution < 1.29 is 4.42 Å². The van der Waals surface area contributed by atoms with Crippen molar-refractivity contribution in [1.82, 2.24) is 5.32 Å². The Balaban J connectivity index is 1.78. The third kappa shape index (κ3) is 2.62. The first-order valence-corrected chi connectivity index (χ1v) is 7.80. The zero-order valence-electron chi connectivity index (χ0n) is 11.4. The number of fused-ring (bicyclic) bond motifs is 1. The van der Waals surface area contributed by atoms with Crippen LogP contribution in [-0.2, 0) is 6.54 Å². The van der Waals surface area contributed by atoms with Gasteiger partial charge in [-0.05, 0) is 43.6 Å². The Hall–Kier alpha value is -1.29. The van der Waals surface area contributed by atoms with Crippen LogP contribution in [0.4, 0.5) is 0 Å². The summed E-state index contributed by atoms with van der Waals surface area (Å²) in [5, 5.41) is 5.08. The molecule has 0 bridgehead atoms. The predicted molar refractivity (Wildman–Crippen MR) is 85.5 cm³/mol. The highest BCUT2D eigenvalue weighted by Crippen LogP contribution is 2.30. The van der Waals surface area contributed by atoms with E-state index in [1.165, 1.54) is 9.75 Å². The molecular formula is C16H16ClNOS. The molecule has 104 valence electrons. The van der Waals surface area contributed by atoms with Gasteiger partial charge in [0.15, 0.2) is 5.22 Å². The van der Waals surface area contributed by atoms with E-state index in [4.69, 9.17) is 16.0 Å². The number of nitrogens with one attached hydrogen (secondary N) is 1. The van der Waals surface area contributed by atoms with Gasteiger partial charge >= 0.3 is 0 Å². The second-order valence-corrected chi connectivity index (χ2v) is 6.56. The fourth-order valence-corrected chi connectivity index (χ4v) is 3.43. The SMILES string of the molecule is Cc1ccc(C(C)NCc2c(Cl)oc3ccccc23)s1. The Morgan fingerprint density at radius 2 is 2.05 bits per heavy atom. The molecule has 0 aliphatic heterocycles. The highest BCUT2D eigenvalue weighted by atomic mass is 35.5. The van der Waals surface area contributed by atoms with Crippen LogP contribution in [0.3, 0.4) is 0 Å². The van der Waals surface area contributed by atoms with Crippen LogP contribution >= 0.6 is 22.9 Å². The topological polar surface area (TPSA) is 25.2 Å². The molecule has 2 heterocycles. The molecule has 4 heteroatoms. The highest BCUT2D eigenvalue weighted by Gasteiger charge is 2.14. The van der Waals surface area contributed by atoms with Gasteiger partial charge in [-0.2, -0.15) is 0 Å². The van der Waals surface area contributed by atoms with Gasteiger partial charge in [-0.1, -0.05) is 18.2 Å². The van der Waals surface area contributed by atoms with Gasteiger partial charge in [0.2, 0.25) is 0 Å². The number of para-hydroxylation sites is 1. The molecule has 0 spiro atoms. The van der Waals surface area contributed by atoms with E-state index < -0.39 is 0 Å². The Labute approximate surface area is 127 Å². The van der Waals surface area contributed by atoms with E-state index in [0.717, 1.165) is 16.5 Å². The summed E-state index contributed by atoms with van der Waals surface area (Å²) in [7, 11) is 0. The van der Waals surface area contributed by atoms with Crippen LogP contribution in [0.25, 0.3) is 11.0 Å². The van der Waals surface area contributed by atoms with Crippen LogP contribution in [0.2, 0.25) is 5.22 Å². The van der Waals surface area contributed by atoms with Crippen LogP contribution in [-0.4, -0.2) is 0 Å². The van der Waals surface area contributed by atoms with Gasteiger partial charge in [0.25, 0.3) is 0 Å². The number of benzene rings is 1. The van der Waals surface area contributed by atoms with Crippen molar-refractivity contribution in [3.63, 3.8) is 0 Å². The molecule has 20 heavy (non-hydrogen) atoms. The summed E-state index contributed by atoms with van der Waals surface area (Å²) in [6, 6.07) is 12.6. The smallest absolute Gasteiger partial charge is 0.199 e. The highest BCUT2D eigenvalue weighted by molar-refractivity contribution is 7.12. The van der Waals surface area contributed by atoms with Gasteiger partial charge in [0.05, 0.1) is 0 Å². The molecule has 0 radical (unpaired) electrons. The second kappa shape index (κ2) is 5.60. The minimum atomic E-state index is 0.304. The normalized spacial score (nSPS) is 12.9. The predicted octanol–water partition coefficient (Wildman–Crippen LogP) is 5.31. The van der Waals surface area contributed by atoms with Gasteiger partial charge in [-0.3, -0.25) is 0 Å². The largest absolute Gasteiger partial charge is 0.444 e. The average molecular weight is 306 g/mol. The Bertz CT molecular complexity index is 731. The first-order chi connectivity index (χ1) is 9.65. The fourth-order valence-electron chi connectivity index (χ4n) is 2.28. The van der Waals surface area contributed by atoms with Gasteiger partial charge in [-0.15, -0.1) is 11.3 Å². The molecule has 3 aromatic rings. The summed E-state index contributed by atoms with van der Waals surface area (Å²) in [6.07, 6.45) is 0. The lowest BCUT2D eigenvalue weighted by Gasteiger charge is -2.11. The van der Waals surface area contributed by atoms with Crippen molar-refractivity contribution in [2.45, 2.75) is 26.4 Å². The molecule has 1 aromatic carbocycles. The van der Waals surface area contributed by atoms with Crippen molar-refractivity contribution >= 4 is 33.9 Å². The van der Waals surface area contributed by atoms with Crippen LogP contribution in [0.5, 0.6) is 0 Å². The monoisotopic (exact) mass is 305 g/mol. The summed E-state index contributed by atoms with van der Waals surface area (Å²) in [6.45, 7) is 5.00. The van der Waals surface area contributed by atoms with E-state index in [-0.39, 0.29) is 0 Å². The molecule has 1 N–H and O–H groups in total. The molecule has 1 atom stereocenters. The van der Waals surface area contributed by atoms with Gasteiger partial charge in [0, 0.05) is 33.3 Å². The standard InChI is InChI=1S/C16H16ClNOS/c1-10-7-8-15(20-10)11(2)18-9-13-12-5-3-4-6-14(12)19-16(13)17/h3-8,11,18H,9H2,1-2H3. The zero-order valence-corrected chi connectivity index (χ0v) is 13.0. The minimum absolute atomic E-state index is 0.304. The molecule has 0 aliphatic carbocycles. The molecule has 2 aromatic heterocycles. The van der Waals surface area contributed by atoms with Crippen LogP contribution < -0.4 is 5.32 Å². The molecule has 3 rings (SSSR count). The van der Waals surface area contributed by atoms with Gasteiger partial charge in [0.1, 0.15) is 5.58 Å². The number of furan rings is 1. The first-order valence-electron chi connectivity index (χ1n) is 6.61. The van der Waals surface area contributed by atoms with E-state index >= 15 is 0 Å². The maximum Gasteiger partial charge on any atom is 0.199 e. The molecule has 2 nitrogen and oxygen atoms in total. The van der Waals surface area contributed by atoms with Crippen molar-refractivity contribution in [3.8, 4) is 0 Å². The third-order valence-electron chi connectivity index (χ3n) is 3.42. The number of thiophene rings is 1. The number of aryl methyl sites for hydroxylation is 1. The fraction of sp³-hybridized carbons (Fsp3) is 0.250. The molecular weight excluding hydrogens is 290 g/mol. The second-order valence-electron chi connectivity index (χ2n) is 4.90. The molecule has 0 saturated heterocycles. The van der Waals surface area contributed by atoms with Crippen LogP contribution in [0, 0.1) is 6.92 Å². The van der Waals surface area contributed by atoms with Crippen LogP contribution in [0.1, 0.15) is 28.3 Å². The van der Waals surface area contributed by atoms with Crippen molar-refractivity contribution in [2.24, 2.45) is 0 Å². The molecule has 0 fully saturated rings. The molecule has 1 unspecified atom stereocenters. The van der Waals surface area contributed by atoms with Gasteiger partial charge in [-0.25, -0.2) is 0 Å². The van der Waals surface area contributed by atoms with Crippen LogP contribution in [0.15, 0.2) is 40.8 Å². The van der Waals surface area contributed by atoms with E-state index in [1.54, 1.807) is 0 Å². The summed E-state index contributed by atoms with van der Waals surface area (Å²) >= 11 is 8.02. The third-order valence-corrected chi connectivity index (χ3v) is 4.91. The van der Waals surface area contributed by atoms with Gasteiger partial charge < -0.3 is 9.73 Å². The number of hydrogen-bond acceptors (Lipinski definition) is 3. The maximum atomic E-state index is 6.20. The van der Waals surface area contributed by atoms with Crippen molar-refractivity contribution in [3.05, 3.63) is 56.9 Å².